The minimum Gasteiger partial charge on any atom is -0.355 e. The number of aromatic nitrogens is 1. The molecular weight excluding hydrogens is 314 g/mol. The average molecular weight is 326 g/mol. The Morgan fingerprint density at radius 3 is 2.55 bits per heavy atom. The Labute approximate surface area is 124 Å². The van der Waals surface area contributed by atoms with Crippen LogP contribution in [0.15, 0.2) is 63.9 Å². The summed E-state index contributed by atoms with van der Waals surface area (Å²) in [6.07, 6.45) is 3.89. The van der Waals surface area contributed by atoms with E-state index in [2.05, 4.69) is 20.9 Å². The van der Waals surface area contributed by atoms with E-state index >= 15 is 0 Å². The highest BCUT2D eigenvalue weighted by Gasteiger charge is 1.99. The van der Waals surface area contributed by atoms with E-state index in [4.69, 9.17) is 0 Å². The van der Waals surface area contributed by atoms with Gasteiger partial charge in [-0.25, -0.2) is 0 Å². The molecule has 0 radical (unpaired) electrons. The Balaban J connectivity index is 2.04. The van der Waals surface area contributed by atoms with Crippen LogP contribution in [0.2, 0.25) is 0 Å². The molecule has 0 unspecified atom stereocenters. The molecular formula is C17H12BrNO. The monoisotopic (exact) mass is 325 g/mol. The largest absolute Gasteiger partial charge is 0.355 e. The fraction of sp³-hybridized carbons (Fsp3) is 0. The van der Waals surface area contributed by atoms with E-state index < -0.39 is 0 Å². The quantitative estimate of drug-likeness (QED) is 0.741. The van der Waals surface area contributed by atoms with Gasteiger partial charge in [-0.15, -0.1) is 0 Å². The van der Waals surface area contributed by atoms with Gasteiger partial charge in [0.05, 0.1) is 0 Å². The zero-order valence-corrected chi connectivity index (χ0v) is 12.2. The van der Waals surface area contributed by atoms with Gasteiger partial charge in [0.1, 0.15) is 0 Å². The molecule has 0 saturated carbocycles. The van der Waals surface area contributed by atoms with Crippen molar-refractivity contribution in [2.24, 2.45) is 0 Å². The SMILES string of the molecule is O=c1cc(C=Cc2ccccc2Br)[nH]c2ccccc12. The number of para-hydroxylation sites is 1. The van der Waals surface area contributed by atoms with E-state index in [1.54, 1.807) is 6.07 Å². The lowest BCUT2D eigenvalue weighted by atomic mass is 10.1. The van der Waals surface area contributed by atoms with Crippen molar-refractivity contribution >= 4 is 39.0 Å². The molecule has 1 aromatic heterocycles. The number of benzene rings is 2. The van der Waals surface area contributed by atoms with E-state index in [-0.39, 0.29) is 5.43 Å². The molecule has 0 fully saturated rings. The van der Waals surface area contributed by atoms with Crippen LogP contribution in [0.4, 0.5) is 0 Å². The Kier molecular flexibility index (Phi) is 3.52. The van der Waals surface area contributed by atoms with Gasteiger partial charge in [-0.1, -0.05) is 52.3 Å². The van der Waals surface area contributed by atoms with Gasteiger partial charge in [-0.05, 0) is 29.8 Å². The van der Waals surface area contributed by atoms with Crippen LogP contribution in [0.5, 0.6) is 0 Å². The van der Waals surface area contributed by atoms with Crippen LogP contribution in [-0.2, 0) is 0 Å². The molecule has 1 heterocycles. The van der Waals surface area contributed by atoms with Gasteiger partial charge in [-0.2, -0.15) is 0 Å². The number of aromatic amines is 1. The van der Waals surface area contributed by atoms with Crippen molar-refractivity contribution in [3.63, 3.8) is 0 Å². The first kappa shape index (κ1) is 12.9. The van der Waals surface area contributed by atoms with Gasteiger partial charge in [0.2, 0.25) is 0 Å². The molecule has 3 aromatic rings. The maximum absolute atomic E-state index is 12.0. The summed E-state index contributed by atoms with van der Waals surface area (Å²) in [6.45, 7) is 0. The summed E-state index contributed by atoms with van der Waals surface area (Å²) in [6, 6.07) is 17.1. The van der Waals surface area contributed by atoms with Crippen LogP contribution in [0, 0.1) is 0 Å². The van der Waals surface area contributed by atoms with Crippen molar-refractivity contribution in [2.75, 3.05) is 0 Å². The smallest absolute Gasteiger partial charge is 0.189 e. The number of nitrogens with one attached hydrogen (secondary N) is 1. The van der Waals surface area contributed by atoms with Gasteiger partial charge < -0.3 is 4.98 Å². The van der Waals surface area contributed by atoms with Crippen molar-refractivity contribution in [3.05, 3.63) is 80.6 Å². The molecule has 0 aliphatic carbocycles. The second-order valence-corrected chi connectivity index (χ2v) is 5.34. The lowest BCUT2D eigenvalue weighted by molar-refractivity contribution is 1.35. The second kappa shape index (κ2) is 5.47. The molecule has 3 heteroatoms. The van der Waals surface area contributed by atoms with Crippen molar-refractivity contribution < 1.29 is 0 Å². The van der Waals surface area contributed by atoms with Gasteiger partial charge in [-0.3, -0.25) is 4.79 Å². The van der Waals surface area contributed by atoms with Crippen LogP contribution >= 0.6 is 15.9 Å². The third-order valence-corrected chi connectivity index (χ3v) is 3.83. The first-order valence-electron chi connectivity index (χ1n) is 6.29. The van der Waals surface area contributed by atoms with Crippen LogP contribution in [0.1, 0.15) is 11.3 Å². The normalized spacial score (nSPS) is 11.2. The molecule has 2 nitrogen and oxygen atoms in total. The van der Waals surface area contributed by atoms with Gasteiger partial charge in [0.15, 0.2) is 5.43 Å². The number of fused-ring (bicyclic) bond motifs is 1. The molecule has 0 aliphatic rings. The second-order valence-electron chi connectivity index (χ2n) is 4.49. The fourth-order valence-electron chi connectivity index (χ4n) is 2.10. The summed E-state index contributed by atoms with van der Waals surface area (Å²) in [5.41, 5.74) is 2.75. The van der Waals surface area contributed by atoms with Crippen molar-refractivity contribution in [3.8, 4) is 0 Å². The maximum Gasteiger partial charge on any atom is 0.189 e. The fourth-order valence-corrected chi connectivity index (χ4v) is 2.51. The molecule has 0 atom stereocenters. The standard InChI is InChI=1S/C17H12BrNO/c18-15-7-3-1-5-12(15)9-10-13-11-17(20)14-6-2-4-8-16(14)19-13/h1-11H,(H,19,20). The van der Waals surface area contributed by atoms with E-state index in [1.165, 1.54) is 0 Å². The van der Waals surface area contributed by atoms with E-state index in [0.717, 1.165) is 21.2 Å². The third-order valence-electron chi connectivity index (χ3n) is 3.11. The highest BCUT2D eigenvalue weighted by atomic mass is 79.9. The first-order valence-corrected chi connectivity index (χ1v) is 7.08. The Hall–Kier alpha value is -2.13. The van der Waals surface area contributed by atoms with Gasteiger partial charge in [0, 0.05) is 27.1 Å². The number of halogens is 1. The zero-order chi connectivity index (χ0) is 13.9. The molecule has 0 aliphatic heterocycles. The number of hydrogen-bond donors (Lipinski definition) is 1. The third kappa shape index (κ3) is 2.58. The van der Waals surface area contributed by atoms with Crippen LogP contribution in [0.3, 0.4) is 0 Å². The highest BCUT2D eigenvalue weighted by molar-refractivity contribution is 9.10. The summed E-state index contributed by atoms with van der Waals surface area (Å²) < 4.78 is 1.03. The van der Waals surface area contributed by atoms with Crippen molar-refractivity contribution in [2.45, 2.75) is 0 Å². The van der Waals surface area contributed by atoms with Crippen LogP contribution in [-0.4, -0.2) is 4.98 Å². The van der Waals surface area contributed by atoms with Crippen LogP contribution in [0.25, 0.3) is 23.1 Å². The highest BCUT2D eigenvalue weighted by Crippen LogP contribution is 2.18. The number of hydrogen-bond acceptors (Lipinski definition) is 1. The Bertz CT molecular complexity index is 849. The van der Waals surface area contributed by atoms with Crippen molar-refractivity contribution in [1.29, 1.82) is 0 Å². The predicted octanol–water partition coefficient (Wildman–Crippen LogP) is 4.46. The van der Waals surface area contributed by atoms with Gasteiger partial charge >= 0.3 is 0 Å². The van der Waals surface area contributed by atoms with Crippen LogP contribution < -0.4 is 5.43 Å². The molecule has 1 N–H and O–H groups in total. The summed E-state index contributed by atoms with van der Waals surface area (Å²) in [7, 11) is 0. The Morgan fingerprint density at radius 2 is 1.70 bits per heavy atom. The zero-order valence-electron chi connectivity index (χ0n) is 10.6. The average Bonchev–Trinajstić information content (AvgIpc) is 2.46. The molecule has 0 bridgehead atoms. The molecule has 0 saturated heterocycles. The van der Waals surface area contributed by atoms with E-state index in [9.17, 15) is 4.79 Å². The molecule has 0 amide bonds. The first-order chi connectivity index (χ1) is 9.74. The van der Waals surface area contributed by atoms with Crippen molar-refractivity contribution in [1.82, 2.24) is 4.98 Å². The number of pyridine rings is 1. The lowest BCUT2D eigenvalue weighted by Gasteiger charge is -2.01. The number of H-pyrrole nitrogens is 1. The number of rotatable bonds is 2. The topological polar surface area (TPSA) is 32.9 Å². The summed E-state index contributed by atoms with van der Waals surface area (Å²) in [5.74, 6) is 0. The molecule has 0 spiro atoms. The molecule has 20 heavy (non-hydrogen) atoms. The minimum atomic E-state index is 0.0335. The lowest BCUT2D eigenvalue weighted by Crippen LogP contribution is -2.02. The molecule has 98 valence electrons. The summed E-state index contributed by atoms with van der Waals surface area (Å²) in [4.78, 5) is 15.3. The van der Waals surface area contributed by atoms with E-state index in [0.29, 0.717) is 5.39 Å². The van der Waals surface area contributed by atoms with E-state index in [1.807, 2.05) is 60.7 Å². The Morgan fingerprint density at radius 1 is 0.950 bits per heavy atom. The summed E-state index contributed by atoms with van der Waals surface area (Å²) in [5, 5.41) is 0.713. The van der Waals surface area contributed by atoms with Gasteiger partial charge in [0.25, 0.3) is 0 Å². The maximum atomic E-state index is 12.0. The molecule has 3 rings (SSSR count). The minimum absolute atomic E-state index is 0.0335. The summed E-state index contributed by atoms with van der Waals surface area (Å²) >= 11 is 3.50. The molecule has 2 aromatic carbocycles. The predicted molar refractivity (Wildman–Crippen MR) is 87.6 cm³/mol.